The molecule has 86 valence electrons. The largest absolute Gasteiger partial charge is 0.391 e. The van der Waals surface area contributed by atoms with E-state index in [1.807, 2.05) is 12.1 Å². The van der Waals surface area contributed by atoms with Gasteiger partial charge in [0.15, 0.2) is 0 Å². The van der Waals surface area contributed by atoms with Crippen molar-refractivity contribution in [2.24, 2.45) is 5.73 Å². The summed E-state index contributed by atoms with van der Waals surface area (Å²) in [5, 5.41) is 9.80. The van der Waals surface area contributed by atoms with Gasteiger partial charge in [-0.25, -0.2) is 4.79 Å². The van der Waals surface area contributed by atoms with Crippen LogP contribution in [0.2, 0.25) is 0 Å². The molecule has 0 aliphatic carbocycles. The lowest BCUT2D eigenvalue weighted by Crippen LogP contribution is -2.43. The van der Waals surface area contributed by atoms with E-state index < -0.39 is 12.1 Å². The molecular formula is C11H15N3O2. The fourth-order valence-corrected chi connectivity index (χ4v) is 2.12. The van der Waals surface area contributed by atoms with Gasteiger partial charge in [-0.3, -0.25) is 4.98 Å². The third-order valence-electron chi connectivity index (χ3n) is 2.96. The maximum atomic E-state index is 11.2. The first-order chi connectivity index (χ1) is 7.68. The van der Waals surface area contributed by atoms with E-state index in [-0.39, 0.29) is 6.04 Å². The van der Waals surface area contributed by atoms with Crippen molar-refractivity contribution < 1.29 is 9.90 Å². The number of likely N-dealkylation sites (tertiary alicyclic amines) is 1. The van der Waals surface area contributed by atoms with Crippen LogP contribution in [0.4, 0.5) is 4.79 Å². The molecule has 1 aromatic rings. The lowest BCUT2D eigenvalue weighted by atomic mass is 10.0. The zero-order chi connectivity index (χ0) is 11.5. The lowest BCUT2D eigenvalue weighted by Gasteiger charge is -2.24. The summed E-state index contributed by atoms with van der Waals surface area (Å²) in [7, 11) is 0. The van der Waals surface area contributed by atoms with Crippen molar-refractivity contribution in [3.05, 3.63) is 30.1 Å². The molecule has 3 N–H and O–H groups in total. The van der Waals surface area contributed by atoms with E-state index in [1.165, 1.54) is 4.90 Å². The molecule has 2 heterocycles. The summed E-state index contributed by atoms with van der Waals surface area (Å²) in [6.07, 6.45) is 4.13. The Balaban J connectivity index is 2.10. The molecule has 1 saturated heterocycles. The molecule has 0 saturated carbocycles. The molecule has 0 aromatic carbocycles. The third kappa shape index (κ3) is 2.14. The second-order valence-electron chi connectivity index (χ2n) is 4.02. The minimum atomic E-state index is -0.493. The molecule has 1 aliphatic heterocycles. The maximum absolute atomic E-state index is 11.2. The van der Waals surface area contributed by atoms with Crippen LogP contribution >= 0.6 is 0 Å². The summed E-state index contributed by atoms with van der Waals surface area (Å²) in [5.74, 6) is 0. The zero-order valence-corrected chi connectivity index (χ0v) is 8.91. The fraction of sp³-hybridized carbons (Fsp3) is 0.455. The number of nitrogens with zero attached hydrogens (tertiary/aromatic N) is 2. The van der Waals surface area contributed by atoms with Crippen molar-refractivity contribution in [2.45, 2.75) is 25.0 Å². The summed E-state index contributed by atoms with van der Waals surface area (Å²) >= 11 is 0. The molecule has 2 rings (SSSR count). The summed E-state index contributed by atoms with van der Waals surface area (Å²) in [6, 6.07) is 3.08. The highest BCUT2D eigenvalue weighted by atomic mass is 16.3. The first-order valence-corrected chi connectivity index (χ1v) is 5.31. The smallest absolute Gasteiger partial charge is 0.315 e. The van der Waals surface area contributed by atoms with Crippen LogP contribution in [0.25, 0.3) is 0 Å². The molecular weight excluding hydrogens is 206 g/mol. The minimum Gasteiger partial charge on any atom is -0.391 e. The molecule has 2 atom stereocenters. The van der Waals surface area contributed by atoms with Gasteiger partial charge < -0.3 is 15.7 Å². The van der Waals surface area contributed by atoms with E-state index in [0.717, 1.165) is 5.56 Å². The topological polar surface area (TPSA) is 79.5 Å². The summed E-state index contributed by atoms with van der Waals surface area (Å²) in [5.41, 5.74) is 6.26. The predicted molar refractivity (Wildman–Crippen MR) is 58.6 cm³/mol. The Kier molecular flexibility index (Phi) is 3.05. The van der Waals surface area contributed by atoms with Crippen LogP contribution in [-0.4, -0.2) is 39.7 Å². The number of aromatic nitrogens is 1. The summed E-state index contributed by atoms with van der Waals surface area (Å²) in [6.45, 7) is 0.529. The summed E-state index contributed by atoms with van der Waals surface area (Å²) in [4.78, 5) is 16.7. The second-order valence-corrected chi connectivity index (χ2v) is 4.02. The van der Waals surface area contributed by atoms with Crippen LogP contribution in [-0.2, 0) is 6.42 Å². The Morgan fingerprint density at radius 1 is 1.69 bits per heavy atom. The number of nitrogens with two attached hydrogens (primary N) is 1. The third-order valence-corrected chi connectivity index (χ3v) is 2.96. The number of pyridine rings is 1. The Hall–Kier alpha value is -1.62. The van der Waals surface area contributed by atoms with E-state index in [0.29, 0.717) is 19.4 Å². The Morgan fingerprint density at radius 3 is 3.12 bits per heavy atom. The lowest BCUT2D eigenvalue weighted by molar-refractivity contribution is 0.125. The molecule has 1 aromatic heterocycles. The van der Waals surface area contributed by atoms with Crippen molar-refractivity contribution in [1.29, 1.82) is 0 Å². The van der Waals surface area contributed by atoms with Gasteiger partial charge in [-0.05, 0) is 24.5 Å². The SMILES string of the molecule is NC(=O)N1CC[C@@H](O)[C@H]1Cc1cccnc1. The highest BCUT2D eigenvalue weighted by Crippen LogP contribution is 2.21. The van der Waals surface area contributed by atoms with Gasteiger partial charge in [0.2, 0.25) is 0 Å². The van der Waals surface area contributed by atoms with E-state index in [2.05, 4.69) is 4.98 Å². The number of primary amides is 1. The van der Waals surface area contributed by atoms with Gasteiger partial charge in [0, 0.05) is 18.9 Å². The van der Waals surface area contributed by atoms with Crippen LogP contribution < -0.4 is 5.73 Å². The monoisotopic (exact) mass is 221 g/mol. The van der Waals surface area contributed by atoms with Gasteiger partial charge in [-0.2, -0.15) is 0 Å². The highest BCUT2D eigenvalue weighted by molar-refractivity contribution is 5.72. The number of aliphatic hydroxyl groups excluding tert-OH is 1. The Bertz CT molecular complexity index is 369. The van der Waals surface area contributed by atoms with Gasteiger partial charge >= 0.3 is 6.03 Å². The van der Waals surface area contributed by atoms with Crippen LogP contribution in [0.3, 0.4) is 0 Å². The standard InChI is InChI=1S/C11H15N3O2/c12-11(16)14-5-3-10(15)9(14)6-8-2-1-4-13-7-8/h1-2,4,7,9-10,15H,3,5-6H2,(H2,12,16)/t9-,10-/m1/s1. The molecule has 0 spiro atoms. The van der Waals surface area contributed by atoms with E-state index in [4.69, 9.17) is 5.73 Å². The molecule has 1 fully saturated rings. The summed E-state index contributed by atoms with van der Waals surface area (Å²) < 4.78 is 0. The molecule has 0 bridgehead atoms. The van der Waals surface area contributed by atoms with Crippen molar-refractivity contribution in [3.63, 3.8) is 0 Å². The predicted octanol–water partition coefficient (Wildman–Crippen LogP) is 0.138. The van der Waals surface area contributed by atoms with Crippen LogP contribution in [0.5, 0.6) is 0 Å². The van der Waals surface area contributed by atoms with Crippen LogP contribution in [0.15, 0.2) is 24.5 Å². The maximum Gasteiger partial charge on any atom is 0.315 e. The van der Waals surface area contributed by atoms with Gasteiger partial charge in [0.1, 0.15) is 0 Å². The van der Waals surface area contributed by atoms with Crippen molar-refractivity contribution in [3.8, 4) is 0 Å². The number of amides is 2. The molecule has 5 nitrogen and oxygen atoms in total. The average molecular weight is 221 g/mol. The van der Waals surface area contributed by atoms with Gasteiger partial charge in [0.05, 0.1) is 12.1 Å². The molecule has 1 aliphatic rings. The average Bonchev–Trinajstić information content (AvgIpc) is 2.62. The number of hydrogen-bond donors (Lipinski definition) is 2. The van der Waals surface area contributed by atoms with Crippen molar-refractivity contribution in [1.82, 2.24) is 9.88 Å². The number of hydrogen-bond acceptors (Lipinski definition) is 3. The molecule has 0 radical (unpaired) electrons. The number of aliphatic hydroxyl groups is 1. The molecule has 2 amide bonds. The quantitative estimate of drug-likeness (QED) is 0.745. The molecule has 0 unspecified atom stereocenters. The first kappa shape index (κ1) is 10.9. The highest BCUT2D eigenvalue weighted by Gasteiger charge is 2.34. The second kappa shape index (κ2) is 4.49. The van der Waals surface area contributed by atoms with E-state index in [9.17, 15) is 9.90 Å². The van der Waals surface area contributed by atoms with Crippen molar-refractivity contribution in [2.75, 3.05) is 6.54 Å². The number of rotatable bonds is 2. The van der Waals surface area contributed by atoms with Crippen LogP contribution in [0, 0.1) is 0 Å². The normalized spacial score (nSPS) is 24.7. The Labute approximate surface area is 93.9 Å². The zero-order valence-electron chi connectivity index (χ0n) is 8.91. The van der Waals surface area contributed by atoms with E-state index in [1.54, 1.807) is 12.4 Å². The van der Waals surface area contributed by atoms with Gasteiger partial charge in [-0.1, -0.05) is 6.07 Å². The van der Waals surface area contributed by atoms with E-state index >= 15 is 0 Å². The van der Waals surface area contributed by atoms with Gasteiger partial charge in [0.25, 0.3) is 0 Å². The Morgan fingerprint density at radius 2 is 2.50 bits per heavy atom. The van der Waals surface area contributed by atoms with Crippen LogP contribution in [0.1, 0.15) is 12.0 Å². The molecule has 5 heteroatoms. The number of urea groups is 1. The minimum absolute atomic E-state index is 0.221. The molecule has 16 heavy (non-hydrogen) atoms. The van der Waals surface area contributed by atoms with Gasteiger partial charge in [-0.15, -0.1) is 0 Å². The first-order valence-electron chi connectivity index (χ1n) is 5.31. The van der Waals surface area contributed by atoms with Crippen molar-refractivity contribution >= 4 is 6.03 Å². The number of carbonyl (C=O) groups is 1. The number of carbonyl (C=O) groups excluding carboxylic acids is 1. The fourth-order valence-electron chi connectivity index (χ4n) is 2.12.